The maximum Gasteiger partial charge on any atom is 0.224 e. The van der Waals surface area contributed by atoms with E-state index in [0.717, 1.165) is 12.8 Å². The third kappa shape index (κ3) is 8.67. The molecule has 1 aromatic carbocycles. The van der Waals surface area contributed by atoms with Crippen LogP contribution in [-0.4, -0.2) is 18.4 Å². The van der Waals surface area contributed by atoms with Gasteiger partial charge in [0.15, 0.2) is 0 Å². The second-order valence-corrected chi connectivity index (χ2v) is 5.76. The molecule has 1 aromatic rings. The predicted octanol–water partition coefficient (Wildman–Crippen LogP) is 4.15. The molecular formula is C17H25ClN2O2. The van der Waals surface area contributed by atoms with Crippen molar-refractivity contribution in [1.82, 2.24) is 5.32 Å². The van der Waals surface area contributed by atoms with E-state index in [1.165, 1.54) is 19.3 Å². The fourth-order valence-corrected chi connectivity index (χ4v) is 2.15. The van der Waals surface area contributed by atoms with E-state index < -0.39 is 0 Å². The number of carbonyl (C=O) groups is 2. The molecule has 0 radical (unpaired) electrons. The SMILES string of the molecule is CCCCCCCNC(=O)CCC(=O)Nc1ccc(Cl)cc1. The fourth-order valence-electron chi connectivity index (χ4n) is 2.03. The molecule has 122 valence electrons. The topological polar surface area (TPSA) is 58.2 Å². The van der Waals surface area contributed by atoms with E-state index in [1.54, 1.807) is 24.3 Å². The maximum atomic E-state index is 11.7. The quantitative estimate of drug-likeness (QED) is 0.635. The number of carbonyl (C=O) groups excluding carboxylic acids is 2. The summed E-state index contributed by atoms with van der Waals surface area (Å²) in [6.07, 6.45) is 6.23. The lowest BCUT2D eigenvalue weighted by molar-refractivity contribution is -0.124. The fraction of sp³-hybridized carbons (Fsp3) is 0.529. The Morgan fingerprint density at radius 1 is 0.955 bits per heavy atom. The highest BCUT2D eigenvalue weighted by Crippen LogP contribution is 2.13. The molecule has 4 nitrogen and oxygen atoms in total. The molecule has 0 aliphatic carbocycles. The Morgan fingerprint density at radius 2 is 1.59 bits per heavy atom. The second-order valence-electron chi connectivity index (χ2n) is 5.32. The standard InChI is InChI=1S/C17H25ClN2O2/c1-2-3-4-5-6-13-19-16(21)11-12-17(22)20-15-9-7-14(18)8-10-15/h7-10H,2-6,11-13H2,1H3,(H,19,21)(H,20,22). The van der Waals surface area contributed by atoms with Gasteiger partial charge in [0, 0.05) is 30.1 Å². The molecule has 0 aromatic heterocycles. The molecule has 0 aliphatic rings. The number of hydrogen-bond donors (Lipinski definition) is 2. The van der Waals surface area contributed by atoms with Crippen LogP contribution in [0.2, 0.25) is 5.02 Å². The Balaban J connectivity index is 2.10. The van der Waals surface area contributed by atoms with Crippen molar-refractivity contribution in [3.05, 3.63) is 29.3 Å². The van der Waals surface area contributed by atoms with Gasteiger partial charge in [0.05, 0.1) is 0 Å². The van der Waals surface area contributed by atoms with Crippen molar-refractivity contribution < 1.29 is 9.59 Å². The lowest BCUT2D eigenvalue weighted by atomic mass is 10.1. The molecule has 0 spiro atoms. The summed E-state index contributed by atoms with van der Waals surface area (Å²) in [5, 5.41) is 6.21. The highest BCUT2D eigenvalue weighted by molar-refractivity contribution is 6.30. The lowest BCUT2D eigenvalue weighted by Crippen LogP contribution is -2.25. The number of hydrogen-bond acceptors (Lipinski definition) is 2. The number of nitrogens with one attached hydrogen (secondary N) is 2. The Morgan fingerprint density at radius 3 is 2.27 bits per heavy atom. The van der Waals surface area contributed by atoms with Crippen molar-refractivity contribution in [1.29, 1.82) is 0 Å². The second kappa shape index (κ2) is 11.1. The molecule has 0 saturated carbocycles. The zero-order valence-corrected chi connectivity index (χ0v) is 13.9. The first-order valence-electron chi connectivity index (χ1n) is 7.94. The molecule has 22 heavy (non-hydrogen) atoms. The van der Waals surface area contributed by atoms with Gasteiger partial charge in [-0.2, -0.15) is 0 Å². The minimum Gasteiger partial charge on any atom is -0.356 e. The minimum absolute atomic E-state index is 0.0678. The number of halogens is 1. The predicted molar refractivity (Wildman–Crippen MR) is 91.1 cm³/mol. The summed E-state index contributed by atoms with van der Waals surface area (Å²) in [7, 11) is 0. The van der Waals surface area contributed by atoms with Crippen LogP contribution in [0.1, 0.15) is 51.9 Å². The van der Waals surface area contributed by atoms with Crippen LogP contribution in [0, 0.1) is 0 Å². The summed E-state index contributed by atoms with van der Waals surface area (Å²) in [5.74, 6) is -0.234. The van der Waals surface area contributed by atoms with Gasteiger partial charge in [-0.3, -0.25) is 9.59 Å². The van der Waals surface area contributed by atoms with Gasteiger partial charge in [0.25, 0.3) is 0 Å². The van der Waals surface area contributed by atoms with Gasteiger partial charge < -0.3 is 10.6 Å². The van der Waals surface area contributed by atoms with Crippen LogP contribution in [0.15, 0.2) is 24.3 Å². The molecule has 0 bridgehead atoms. The Hall–Kier alpha value is -1.55. The molecule has 0 heterocycles. The first kappa shape index (κ1) is 18.5. The summed E-state index contributed by atoms with van der Waals surface area (Å²) in [6, 6.07) is 6.89. The van der Waals surface area contributed by atoms with E-state index >= 15 is 0 Å². The third-order valence-corrected chi connectivity index (χ3v) is 3.56. The summed E-state index contributed by atoms with van der Waals surface area (Å²) >= 11 is 5.77. The highest BCUT2D eigenvalue weighted by atomic mass is 35.5. The monoisotopic (exact) mass is 324 g/mol. The molecular weight excluding hydrogens is 300 g/mol. The smallest absolute Gasteiger partial charge is 0.224 e. The van der Waals surface area contributed by atoms with Crippen molar-refractivity contribution in [3.8, 4) is 0 Å². The van der Waals surface area contributed by atoms with Crippen molar-refractivity contribution in [2.75, 3.05) is 11.9 Å². The molecule has 0 fully saturated rings. The minimum atomic E-state index is -0.166. The summed E-state index contributed by atoms with van der Waals surface area (Å²) in [4.78, 5) is 23.4. The molecule has 0 unspecified atom stereocenters. The molecule has 0 atom stereocenters. The van der Waals surface area contributed by atoms with Crippen molar-refractivity contribution in [2.24, 2.45) is 0 Å². The van der Waals surface area contributed by atoms with Crippen molar-refractivity contribution in [2.45, 2.75) is 51.9 Å². The van der Waals surface area contributed by atoms with E-state index in [0.29, 0.717) is 17.3 Å². The third-order valence-electron chi connectivity index (χ3n) is 3.31. The van der Waals surface area contributed by atoms with Gasteiger partial charge in [-0.1, -0.05) is 44.2 Å². The van der Waals surface area contributed by atoms with E-state index in [2.05, 4.69) is 17.6 Å². The normalized spacial score (nSPS) is 10.3. The van der Waals surface area contributed by atoms with Crippen LogP contribution in [0.25, 0.3) is 0 Å². The number of unbranched alkanes of at least 4 members (excludes halogenated alkanes) is 4. The van der Waals surface area contributed by atoms with Crippen LogP contribution in [0.3, 0.4) is 0 Å². The van der Waals surface area contributed by atoms with Crippen LogP contribution in [0.5, 0.6) is 0 Å². The van der Waals surface area contributed by atoms with Crippen LogP contribution in [0.4, 0.5) is 5.69 Å². The largest absolute Gasteiger partial charge is 0.356 e. The number of amides is 2. The van der Waals surface area contributed by atoms with E-state index in [9.17, 15) is 9.59 Å². The van der Waals surface area contributed by atoms with Crippen LogP contribution >= 0.6 is 11.6 Å². The summed E-state index contributed by atoms with van der Waals surface area (Å²) in [5.41, 5.74) is 0.686. The van der Waals surface area contributed by atoms with Gasteiger partial charge in [-0.25, -0.2) is 0 Å². The average molecular weight is 325 g/mol. The summed E-state index contributed by atoms with van der Waals surface area (Å²) in [6.45, 7) is 2.87. The van der Waals surface area contributed by atoms with Crippen LogP contribution in [-0.2, 0) is 9.59 Å². The highest BCUT2D eigenvalue weighted by Gasteiger charge is 2.07. The zero-order valence-electron chi connectivity index (χ0n) is 13.2. The lowest BCUT2D eigenvalue weighted by Gasteiger charge is -2.06. The Labute approximate surface area is 137 Å². The van der Waals surface area contributed by atoms with Crippen molar-refractivity contribution in [3.63, 3.8) is 0 Å². The van der Waals surface area contributed by atoms with Gasteiger partial charge in [0.1, 0.15) is 0 Å². The van der Waals surface area contributed by atoms with E-state index in [-0.39, 0.29) is 24.7 Å². The first-order chi connectivity index (χ1) is 10.6. The van der Waals surface area contributed by atoms with Gasteiger partial charge >= 0.3 is 0 Å². The van der Waals surface area contributed by atoms with Gasteiger partial charge in [-0.05, 0) is 30.7 Å². The molecule has 1 rings (SSSR count). The van der Waals surface area contributed by atoms with E-state index in [1.807, 2.05) is 0 Å². The van der Waals surface area contributed by atoms with Crippen LogP contribution < -0.4 is 10.6 Å². The molecule has 0 aliphatic heterocycles. The first-order valence-corrected chi connectivity index (χ1v) is 8.31. The Bertz CT molecular complexity index is 460. The van der Waals surface area contributed by atoms with Gasteiger partial charge in [0.2, 0.25) is 11.8 Å². The van der Waals surface area contributed by atoms with Crippen molar-refractivity contribution >= 4 is 29.1 Å². The summed E-state index contributed by atoms with van der Waals surface area (Å²) < 4.78 is 0. The zero-order chi connectivity index (χ0) is 16.2. The molecule has 5 heteroatoms. The molecule has 2 amide bonds. The maximum absolute atomic E-state index is 11.7. The Kier molecular flexibility index (Phi) is 9.31. The number of rotatable bonds is 10. The average Bonchev–Trinajstić information content (AvgIpc) is 2.51. The number of anilines is 1. The van der Waals surface area contributed by atoms with E-state index in [4.69, 9.17) is 11.6 Å². The molecule has 0 saturated heterocycles. The molecule has 2 N–H and O–H groups in total. The van der Waals surface area contributed by atoms with Gasteiger partial charge in [-0.15, -0.1) is 0 Å². The number of benzene rings is 1.